The van der Waals surface area contributed by atoms with E-state index in [-0.39, 0.29) is 5.91 Å². The number of carbonyl (C=O) groups excluding carboxylic acids is 1. The molecule has 1 fully saturated rings. The molecule has 3 rings (SSSR count). The number of hydrogen-bond acceptors (Lipinski definition) is 3. The van der Waals surface area contributed by atoms with Gasteiger partial charge in [0.2, 0.25) is 0 Å². The number of rotatable bonds is 5. The van der Waals surface area contributed by atoms with E-state index in [1.165, 1.54) is 12.8 Å². The molecule has 1 N–H and O–H groups in total. The van der Waals surface area contributed by atoms with Crippen molar-refractivity contribution in [3.8, 4) is 5.75 Å². The highest BCUT2D eigenvalue weighted by Crippen LogP contribution is 2.28. The van der Waals surface area contributed by atoms with Crippen molar-refractivity contribution in [3.63, 3.8) is 0 Å². The molecule has 0 spiro atoms. The van der Waals surface area contributed by atoms with Crippen LogP contribution in [0.4, 0.5) is 11.4 Å². The summed E-state index contributed by atoms with van der Waals surface area (Å²) >= 11 is 12.0. The summed E-state index contributed by atoms with van der Waals surface area (Å²) in [6.07, 6.45) is 1.74. The minimum atomic E-state index is -0.686. The molecule has 0 saturated carbocycles. The SMILES string of the molecule is CC(Oc1ccc(Cl)cc1Cl)C(=O)Nc1cccc(N2CCCC2)c1. The fourth-order valence-electron chi connectivity index (χ4n) is 2.81. The van der Waals surface area contributed by atoms with E-state index in [1.807, 2.05) is 18.2 Å². The number of nitrogens with zero attached hydrogens (tertiary/aromatic N) is 1. The number of ether oxygens (including phenoxy) is 1. The van der Waals surface area contributed by atoms with Crippen molar-refractivity contribution in [1.29, 1.82) is 0 Å². The second-order valence-electron chi connectivity index (χ2n) is 6.07. The van der Waals surface area contributed by atoms with Crippen molar-refractivity contribution in [3.05, 3.63) is 52.5 Å². The molecule has 1 aliphatic rings. The van der Waals surface area contributed by atoms with Crippen molar-refractivity contribution in [2.24, 2.45) is 0 Å². The zero-order valence-electron chi connectivity index (χ0n) is 14.0. The third-order valence-corrected chi connectivity index (χ3v) is 4.68. The summed E-state index contributed by atoms with van der Waals surface area (Å²) in [7, 11) is 0. The van der Waals surface area contributed by atoms with Gasteiger partial charge in [0, 0.05) is 29.5 Å². The molecule has 1 atom stereocenters. The predicted molar refractivity (Wildman–Crippen MR) is 103 cm³/mol. The van der Waals surface area contributed by atoms with Crippen LogP contribution in [0.25, 0.3) is 0 Å². The average molecular weight is 379 g/mol. The lowest BCUT2D eigenvalue weighted by Gasteiger charge is -2.19. The lowest BCUT2D eigenvalue weighted by atomic mass is 10.2. The number of hydrogen-bond donors (Lipinski definition) is 1. The van der Waals surface area contributed by atoms with E-state index in [4.69, 9.17) is 27.9 Å². The summed E-state index contributed by atoms with van der Waals surface area (Å²) in [4.78, 5) is 14.7. The van der Waals surface area contributed by atoms with Crippen molar-refractivity contribution in [2.75, 3.05) is 23.3 Å². The smallest absolute Gasteiger partial charge is 0.265 e. The summed E-state index contributed by atoms with van der Waals surface area (Å²) in [6, 6.07) is 12.8. The quantitative estimate of drug-likeness (QED) is 0.795. The highest BCUT2D eigenvalue weighted by atomic mass is 35.5. The summed E-state index contributed by atoms with van der Waals surface area (Å²) in [6.45, 7) is 3.81. The molecule has 4 nitrogen and oxygen atoms in total. The maximum Gasteiger partial charge on any atom is 0.265 e. The van der Waals surface area contributed by atoms with Gasteiger partial charge in [0.05, 0.1) is 5.02 Å². The molecular formula is C19H20Cl2N2O2. The Balaban J connectivity index is 1.64. The molecule has 2 aromatic rings. The average Bonchev–Trinajstić information content (AvgIpc) is 3.12. The second kappa shape index (κ2) is 7.98. The first-order chi connectivity index (χ1) is 12.0. The molecule has 1 saturated heterocycles. The monoisotopic (exact) mass is 378 g/mol. The summed E-state index contributed by atoms with van der Waals surface area (Å²) in [5, 5.41) is 3.80. The largest absolute Gasteiger partial charge is 0.479 e. The Morgan fingerprint density at radius 2 is 1.92 bits per heavy atom. The van der Waals surface area contributed by atoms with Crippen LogP contribution in [0.3, 0.4) is 0 Å². The Bertz CT molecular complexity index is 761. The topological polar surface area (TPSA) is 41.6 Å². The van der Waals surface area contributed by atoms with Crippen LogP contribution in [0, 0.1) is 0 Å². The highest BCUT2D eigenvalue weighted by molar-refractivity contribution is 6.35. The van der Waals surface area contributed by atoms with Crippen LogP contribution in [0.2, 0.25) is 10.0 Å². The van der Waals surface area contributed by atoms with Gasteiger partial charge in [-0.25, -0.2) is 0 Å². The Kier molecular flexibility index (Phi) is 5.71. The zero-order chi connectivity index (χ0) is 17.8. The molecular weight excluding hydrogens is 359 g/mol. The Morgan fingerprint density at radius 1 is 1.16 bits per heavy atom. The van der Waals surface area contributed by atoms with Gasteiger partial charge >= 0.3 is 0 Å². The Labute approximate surface area is 157 Å². The van der Waals surface area contributed by atoms with Crippen LogP contribution in [0.1, 0.15) is 19.8 Å². The maximum absolute atomic E-state index is 12.4. The first-order valence-electron chi connectivity index (χ1n) is 8.30. The molecule has 25 heavy (non-hydrogen) atoms. The van der Waals surface area contributed by atoms with Crippen LogP contribution in [-0.4, -0.2) is 25.1 Å². The van der Waals surface area contributed by atoms with Crippen LogP contribution in [-0.2, 0) is 4.79 Å². The molecule has 0 radical (unpaired) electrons. The number of amides is 1. The molecule has 0 aromatic heterocycles. The molecule has 1 aliphatic heterocycles. The van der Waals surface area contributed by atoms with E-state index in [1.54, 1.807) is 25.1 Å². The first kappa shape index (κ1) is 17.9. The van der Waals surface area contributed by atoms with Crippen LogP contribution >= 0.6 is 23.2 Å². The number of anilines is 2. The number of benzene rings is 2. The van der Waals surface area contributed by atoms with Gasteiger partial charge in [0.1, 0.15) is 5.75 Å². The van der Waals surface area contributed by atoms with Crippen LogP contribution in [0.5, 0.6) is 5.75 Å². The van der Waals surface area contributed by atoms with Gasteiger partial charge in [-0.15, -0.1) is 0 Å². The molecule has 2 aromatic carbocycles. The highest BCUT2D eigenvalue weighted by Gasteiger charge is 2.18. The minimum absolute atomic E-state index is 0.232. The molecule has 6 heteroatoms. The van der Waals surface area contributed by atoms with E-state index < -0.39 is 6.10 Å². The number of halogens is 2. The van der Waals surface area contributed by atoms with Crippen LogP contribution in [0.15, 0.2) is 42.5 Å². The van der Waals surface area contributed by atoms with Crippen molar-refractivity contribution in [2.45, 2.75) is 25.9 Å². The third kappa shape index (κ3) is 4.59. The second-order valence-corrected chi connectivity index (χ2v) is 6.91. The molecule has 1 heterocycles. The van der Waals surface area contributed by atoms with E-state index in [0.717, 1.165) is 24.5 Å². The van der Waals surface area contributed by atoms with E-state index in [9.17, 15) is 4.79 Å². The third-order valence-electron chi connectivity index (χ3n) is 4.15. The Hall–Kier alpha value is -1.91. The molecule has 132 valence electrons. The fourth-order valence-corrected chi connectivity index (χ4v) is 3.27. The summed E-state index contributed by atoms with van der Waals surface area (Å²) in [5.74, 6) is 0.198. The van der Waals surface area contributed by atoms with Gasteiger partial charge in [0.15, 0.2) is 6.10 Å². The van der Waals surface area contributed by atoms with Gasteiger partial charge in [-0.3, -0.25) is 4.79 Å². The molecule has 0 aliphatic carbocycles. The fraction of sp³-hybridized carbons (Fsp3) is 0.316. The normalized spacial score (nSPS) is 15.1. The summed E-state index contributed by atoms with van der Waals surface area (Å²) in [5.41, 5.74) is 1.89. The van der Waals surface area contributed by atoms with Crippen LogP contribution < -0.4 is 15.0 Å². The van der Waals surface area contributed by atoms with E-state index >= 15 is 0 Å². The minimum Gasteiger partial charge on any atom is -0.479 e. The van der Waals surface area contributed by atoms with Gasteiger partial charge in [-0.2, -0.15) is 0 Å². The van der Waals surface area contributed by atoms with Gasteiger partial charge in [0.25, 0.3) is 5.91 Å². The van der Waals surface area contributed by atoms with Gasteiger partial charge in [-0.05, 0) is 56.2 Å². The van der Waals surface area contributed by atoms with E-state index in [0.29, 0.717) is 15.8 Å². The first-order valence-corrected chi connectivity index (χ1v) is 9.06. The van der Waals surface area contributed by atoms with Gasteiger partial charge in [-0.1, -0.05) is 29.3 Å². The predicted octanol–water partition coefficient (Wildman–Crippen LogP) is 5.00. The maximum atomic E-state index is 12.4. The lowest BCUT2D eigenvalue weighted by molar-refractivity contribution is -0.122. The van der Waals surface area contributed by atoms with E-state index in [2.05, 4.69) is 16.3 Å². The number of carbonyl (C=O) groups is 1. The van der Waals surface area contributed by atoms with Crippen molar-refractivity contribution in [1.82, 2.24) is 0 Å². The van der Waals surface area contributed by atoms with Crippen molar-refractivity contribution >= 4 is 40.5 Å². The Morgan fingerprint density at radius 3 is 2.64 bits per heavy atom. The molecule has 0 bridgehead atoms. The summed E-state index contributed by atoms with van der Waals surface area (Å²) < 4.78 is 5.65. The lowest BCUT2D eigenvalue weighted by Crippen LogP contribution is -2.30. The van der Waals surface area contributed by atoms with Crippen molar-refractivity contribution < 1.29 is 9.53 Å². The number of nitrogens with one attached hydrogen (secondary N) is 1. The van der Waals surface area contributed by atoms with Gasteiger partial charge < -0.3 is 15.0 Å². The standard InChI is InChI=1S/C19H20Cl2N2O2/c1-13(25-18-8-7-14(20)11-17(18)21)19(24)22-15-5-4-6-16(12-15)23-9-2-3-10-23/h4-8,11-13H,2-3,9-10H2,1H3,(H,22,24). The molecule has 1 amide bonds. The zero-order valence-corrected chi connectivity index (χ0v) is 15.5. The molecule has 1 unspecified atom stereocenters.